The number of hydrogen-bond donors (Lipinski definition) is 0. The lowest BCUT2D eigenvalue weighted by Gasteiger charge is -2.34. The first kappa shape index (κ1) is 18.1. The SMILES string of the molecule is Cc1nccc(OC[C@@H]2CN(Cc3nccn3C)[C@H]3c4ccccc4OC[C@@H]23)n1. The molecule has 0 radical (unpaired) electrons. The molecule has 29 heavy (non-hydrogen) atoms. The average molecular weight is 391 g/mol. The van der Waals surface area contributed by atoms with E-state index in [2.05, 4.69) is 42.6 Å². The van der Waals surface area contributed by atoms with Gasteiger partial charge >= 0.3 is 0 Å². The molecule has 1 saturated heterocycles. The maximum atomic E-state index is 6.12. The Kier molecular flexibility index (Phi) is 4.67. The first-order chi connectivity index (χ1) is 14.2. The van der Waals surface area contributed by atoms with Crippen LogP contribution in [0.5, 0.6) is 11.6 Å². The van der Waals surface area contributed by atoms with Crippen LogP contribution in [0.3, 0.4) is 0 Å². The number of aryl methyl sites for hydroxylation is 2. The monoisotopic (exact) mass is 391 g/mol. The van der Waals surface area contributed by atoms with Gasteiger partial charge in [0.15, 0.2) is 0 Å². The van der Waals surface area contributed by atoms with Gasteiger partial charge in [0.1, 0.15) is 17.4 Å². The van der Waals surface area contributed by atoms with E-state index >= 15 is 0 Å². The van der Waals surface area contributed by atoms with Crippen molar-refractivity contribution in [2.45, 2.75) is 19.5 Å². The third-order valence-electron chi connectivity index (χ3n) is 6.00. The maximum absolute atomic E-state index is 6.12. The highest BCUT2D eigenvalue weighted by molar-refractivity contribution is 5.39. The molecule has 0 amide bonds. The Balaban J connectivity index is 1.40. The maximum Gasteiger partial charge on any atom is 0.216 e. The largest absolute Gasteiger partial charge is 0.493 e. The van der Waals surface area contributed by atoms with E-state index in [1.807, 2.05) is 38.5 Å². The highest BCUT2D eigenvalue weighted by Gasteiger charge is 2.46. The number of para-hydroxylation sites is 1. The number of fused-ring (bicyclic) bond motifs is 3. The van der Waals surface area contributed by atoms with E-state index in [9.17, 15) is 0 Å². The lowest BCUT2D eigenvalue weighted by molar-refractivity contribution is 0.120. The molecular weight excluding hydrogens is 366 g/mol. The van der Waals surface area contributed by atoms with E-state index in [0.717, 1.165) is 30.5 Å². The van der Waals surface area contributed by atoms with Gasteiger partial charge in [0.2, 0.25) is 5.88 Å². The predicted molar refractivity (Wildman–Crippen MR) is 108 cm³/mol. The number of imidazole rings is 1. The summed E-state index contributed by atoms with van der Waals surface area (Å²) >= 11 is 0. The number of ether oxygens (including phenoxy) is 2. The molecule has 5 rings (SSSR count). The zero-order chi connectivity index (χ0) is 19.8. The zero-order valence-electron chi connectivity index (χ0n) is 16.7. The molecule has 4 heterocycles. The molecule has 0 N–H and O–H groups in total. The van der Waals surface area contributed by atoms with Crippen LogP contribution in [-0.4, -0.2) is 44.2 Å². The first-order valence-corrected chi connectivity index (χ1v) is 10.0. The molecule has 3 atom stereocenters. The van der Waals surface area contributed by atoms with Gasteiger partial charge in [-0.15, -0.1) is 0 Å². The van der Waals surface area contributed by atoms with Crippen molar-refractivity contribution in [2.75, 3.05) is 19.8 Å². The van der Waals surface area contributed by atoms with Crippen molar-refractivity contribution in [3.8, 4) is 11.6 Å². The van der Waals surface area contributed by atoms with E-state index < -0.39 is 0 Å². The van der Waals surface area contributed by atoms with Gasteiger partial charge in [-0.3, -0.25) is 4.90 Å². The molecule has 0 aliphatic carbocycles. The summed E-state index contributed by atoms with van der Waals surface area (Å²) in [5.41, 5.74) is 1.26. The van der Waals surface area contributed by atoms with Gasteiger partial charge in [-0.2, -0.15) is 4.98 Å². The fourth-order valence-corrected chi connectivity index (χ4v) is 4.55. The Bertz CT molecular complexity index is 1000. The van der Waals surface area contributed by atoms with Crippen LogP contribution in [0.25, 0.3) is 0 Å². The highest BCUT2D eigenvalue weighted by Crippen LogP contribution is 2.47. The summed E-state index contributed by atoms with van der Waals surface area (Å²) in [6, 6.07) is 10.5. The van der Waals surface area contributed by atoms with E-state index in [1.165, 1.54) is 5.56 Å². The third-order valence-corrected chi connectivity index (χ3v) is 6.00. The first-order valence-electron chi connectivity index (χ1n) is 10.0. The fourth-order valence-electron chi connectivity index (χ4n) is 4.55. The van der Waals surface area contributed by atoms with Crippen LogP contribution in [0.2, 0.25) is 0 Å². The number of hydrogen-bond acceptors (Lipinski definition) is 6. The quantitative estimate of drug-likeness (QED) is 0.666. The molecule has 0 unspecified atom stereocenters. The smallest absolute Gasteiger partial charge is 0.216 e. The van der Waals surface area contributed by atoms with Crippen molar-refractivity contribution in [3.05, 3.63) is 66.1 Å². The van der Waals surface area contributed by atoms with E-state index in [1.54, 1.807) is 6.20 Å². The molecule has 0 spiro atoms. The Hall–Kier alpha value is -2.93. The summed E-state index contributed by atoms with van der Waals surface area (Å²) in [5.74, 6) is 4.14. The molecule has 3 aromatic rings. The molecule has 0 bridgehead atoms. The van der Waals surface area contributed by atoms with E-state index in [0.29, 0.717) is 37.0 Å². The van der Waals surface area contributed by atoms with Gasteiger partial charge in [0.05, 0.1) is 19.8 Å². The van der Waals surface area contributed by atoms with Crippen LogP contribution < -0.4 is 9.47 Å². The molecular formula is C22H25N5O2. The summed E-state index contributed by atoms with van der Waals surface area (Å²) in [6.45, 7) is 4.93. The van der Waals surface area contributed by atoms with Crippen molar-refractivity contribution in [1.82, 2.24) is 24.4 Å². The van der Waals surface area contributed by atoms with Crippen molar-refractivity contribution >= 4 is 0 Å². The fraction of sp³-hybridized carbons (Fsp3) is 0.409. The van der Waals surface area contributed by atoms with Crippen LogP contribution in [0, 0.1) is 18.8 Å². The Morgan fingerprint density at radius 3 is 2.90 bits per heavy atom. The Morgan fingerprint density at radius 2 is 2.07 bits per heavy atom. The molecule has 7 heteroatoms. The van der Waals surface area contributed by atoms with Crippen molar-refractivity contribution in [1.29, 1.82) is 0 Å². The standard InChI is InChI=1S/C22H25N5O2/c1-15-23-8-7-21(25-15)29-13-16-11-27(12-20-24-9-10-26(20)2)22-17-5-3-4-6-19(17)28-14-18(16)22/h3-10,16,18,22H,11-14H2,1-2H3/t16-,18-,22-/m0/s1. The molecule has 0 saturated carbocycles. The van der Waals surface area contributed by atoms with Gasteiger partial charge in [0, 0.05) is 61.7 Å². The molecule has 150 valence electrons. The molecule has 1 fully saturated rings. The Labute approximate surface area is 170 Å². The van der Waals surface area contributed by atoms with Gasteiger partial charge in [-0.25, -0.2) is 9.97 Å². The Morgan fingerprint density at radius 1 is 1.17 bits per heavy atom. The van der Waals surface area contributed by atoms with E-state index in [-0.39, 0.29) is 0 Å². The summed E-state index contributed by atoms with van der Waals surface area (Å²) in [7, 11) is 2.05. The molecule has 2 aliphatic heterocycles. The lowest BCUT2D eigenvalue weighted by Crippen LogP contribution is -2.32. The van der Waals surface area contributed by atoms with Gasteiger partial charge in [-0.1, -0.05) is 18.2 Å². The van der Waals surface area contributed by atoms with Gasteiger partial charge in [-0.05, 0) is 13.0 Å². The lowest BCUT2D eigenvalue weighted by atomic mass is 9.86. The second kappa shape index (κ2) is 7.48. The summed E-state index contributed by atoms with van der Waals surface area (Å²) in [5, 5.41) is 0. The number of rotatable bonds is 5. The second-order valence-corrected chi connectivity index (χ2v) is 7.85. The van der Waals surface area contributed by atoms with E-state index in [4.69, 9.17) is 9.47 Å². The predicted octanol–water partition coefficient (Wildman–Crippen LogP) is 2.78. The van der Waals surface area contributed by atoms with Crippen LogP contribution >= 0.6 is 0 Å². The third kappa shape index (κ3) is 3.46. The van der Waals surface area contributed by atoms with Crippen molar-refractivity contribution < 1.29 is 9.47 Å². The van der Waals surface area contributed by atoms with Crippen LogP contribution in [0.1, 0.15) is 23.3 Å². The number of likely N-dealkylation sites (tertiary alicyclic amines) is 1. The molecule has 1 aromatic carbocycles. The molecule has 2 aromatic heterocycles. The zero-order valence-corrected chi connectivity index (χ0v) is 16.7. The molecule has 7 nitrogen and oxygen atoms in total. The summed E-state index contributed by atoms with van der Waals surface area (Å²) in [4.78, 5) is 15.6. The number of nitrogens with zero attached hydrogens (tertiary/aromatic N) is 5. The normalized spacial score (nSPS) is 23.3. The van der Waals surface area contributed by atoms with Crippen LogP contribution in [0.4, 0.5) is 0 Å². The van der Waals surface area contributed by atoms with Crippen LogP contribution in [0.15, 0.2) is 48.9 Å². The van der Waals surface area contributed by atoms with Crippen LogP contribution in [-0.2, 0) is 13.6 Å². The summed E-state index contributed by atoms with van der Waals surface area (Å²) in [6.07, 6.45) is 5.60. The summed E-state index contributed by atoms with van der Waals surface area (Å²) < 4.78 is 14.3. The second-order valence-electron chi connectivity index (χ2n) is 7.85. The van der Waals surface area contributed by atoms with Gasteiger partial charge in [0.25, 0.3) is 0 Å². The minimum absolute atomic E-state index is 0.303. The highest BCUT2D eigenvalue weighted by atomic mass is 16.5. The van der Waals surface area contributed by atoms with Gasteiger partial charge < -0.3 is 14.0 Å². The number of aromatic nitrogens is 4. The minimum atomic E-state index is 0.303. The molecule has 2 aliphatic rings. The number of benzene rings is 1. The average Bonchev–Trinajstić information content (AvgIpc) is 3.30. The van der Waals surface area contributed by atoms with Crippen molar-refractivity contribution in [3.63, 3.8) is 0 Å². The topological polar surface area (TPSA) is 65.3 Å². The van der Waals surface area contributed by atoms with Crippen molar-refractivity contribution in [2.24, 2.45) is 18.9 Å². The minimum Gasteiger partial charge on any atom is -0.493 e.